The molecule has 0 atom stereocenters. The van der Waals surface area contributed by atoms with E-state index in [0.29, 0.717) is 12.2 Å². The molecule has 0 unspecified atom stereocenters. The average molecular weight is 388 g/mol. The van der Waals surface area contributed by atoms with Crippen molar-refractivity contribution in [1.82, 2.24) is 20.2 Å². The van der Waals surface area contributed by atoms with Gasteiger partial charge in [-0.3, -0.25) is 9.89 Å². The first kappa shape index (κ1) is 18.7. The molecule has 2 heterocycles. The summed E-state index contributed by atoms with van der Waals surface area (Å²) in [7, 11) is 3.23. The zero-order chi connectivity index (χ0) is 19.2. The van der Waals surface area contributed by atoms with E-state index >= 15 is 0 Å². The van der Waals surface area contributed by atoms with Crippen LogP contribution in [-0.4, -0.2) is 40.3 Å². The van der Waals surface area contributed by atoms with Crippen LogP contribution in [0.15, 0.2) is 36.7 Å². The quantitative estimate of drug-likeness (QED) is 0.646. The third-order valence-electron chi connectivity index (χ3n) is 3.84. The molecular weight excluding hydrogens is 370 g/mol. The molecule has 9 heteroatoms. The second kappa shape index (κ2) is 8.50. The Bertz CT molecular complexity index is 922. The van der Waals surface area contributed by atoms with Gasteiger partial charge in [-0.1, -0.05) is 11.6 Å². The van der Waals surface area contributed by atoms with Crippen LogP contribution in [0.5, 0.6) is 11.5 Å². The Balaban J connectivity index is 1.63. The molecule has 1 amide bonds. The van der Waals surface area contributed by atoms with Gasteiger partial charge in [0.2, 0.25) is 0 Å². The van der Waals surface area contributed by atoms with Gasteiger partial charge in [-0.2, -0.15) is 5.10 Å². The summed E-state index contributed by atoms with van der Waals surface area (Å²) in [6, 6.07) is 7.50. The molecule has 0 bridgehead atoms. The number of hydrogen-bond donors (Lipinski definition) is 2. The van der Waals surface area contributed by atoms with E-state index in [1.807, 2.05) is 18.2 Å². The Morgan fingerprint density at radius 2 is 1.78 bits per heavy atom. The van der Waals surface area contributed by atoms with E-state index in [-0.39, 0.29) is 10.8 Å². The predicted molar refractivity (Wildman–Crippen MR) is 101 cm³/mol. The number of ether oxygens (including phenoxy) is 2. The molecule has 3 aromatic rings. The number of nitrogens with one attached hydrogen (secondary N) is 2. The molecule has 0 radical (unpaired) electrons. The molecule has 0 saturated heterocycles. The van der Waals surface area contributed by atoms with E-state index in [4.69, 9.17) is 21.1 Å². The first-order valence-corrected chi connectivity index (χ1v) is 8.51. The molecule has 2 aromatic heterocycles. The lowest BCUT2D eigenvalue weighted by Crippen LogP contribution is -2.14. The maximum Gasteiger partial charge on any atom is 0.278 e. The maximum absolute atomic E-state index is 12.2. The number of methoxy groups -OCH3 is 2. The Kier molecular flexibility index (Phi) is 5.87. The summed E-state index contributed by atoms with van der Waals surface area (Å²) in [6.07, 6.45) is 4.27. The number of carbonyl (C=O) groups is 1. The van der Waals surface area contributed by atoms with Gasteiger partial charge in [-0.15, -0.1) is 0 Å². The Labute approximate surface area is 160 Å². The monoisotopic (exact) mass is 387 g/mol. The summed E-state index contributed by atoms with van der Waals surface area (Å²) in [5.41, 5.74) is 1.99. The van der Waals surface area contributed by atoms with Crippen LogP contribution >= 0.6 is 11.6 Å². The second-order valence-electron chi connectivity index (χ2n) is 5.65. The summed E-state index contributed by atoms with van der Waals surface area (Å²) in [6.45, 7) is 0. The summed E-state index contributed by atoms with van der Waals surface area (Å²) in [5, 5.41) is 9.69. The Morgan fingerprint density at radius 1 is 1.07 bits per heavy atom. The van der Waals surface area contributed by atoms with Crippen molar-refractivity contribution >= 4 is 23.3 Å². The molecule has 0 aliphatic carbocycles. The van der Waals surface area contributed by atoms with Crippen LogP contribution in [0.4, 0.5) is 5.82 Å². The van der Waals surface area contributed by atoms with Gasteiger partial charge >= 0.3 is 0 Å². The van der Waals surface area contributed by atoms with Gasteiger partial charge in [0.25, 0.3) is 5.91 Å². The molecule has 0 saturated carbocycles. The van der Waals surface area contributed by atoms with Crippen molar-refractivity contribution in [2.24, 2.45) is 0 Å². The lowest BCUT2D eigenvalue weighted by Gasteiger charge is -2.08. The van der Waals surface area contributed by atoms with Crippen LogP contribution < -0.4 is 14.8 Å². The first-order valence-electron chi connectivity index (χ1n) is 8.13. The van der Waals surface area contributed by atoms with Gasteiger partial charge in [0.15, 0.2) is 16.7 Å². The highest BCUT2D eigenvalue weighted by molar-refractivity contribution is 6.32. The van der Waals surface area contributed by atoms with Crippen LogP contribution in [0.25, 0.3) is 0 Å². The minimum Gasteiger partial charge on any atom is -0.497 e. The second-order valence-corrected chi connectivity index (χ2v) is 6.01. The number of nitrogens with zero attached hydrogens (tertiary/aromatic N) is 3. The first-order chi connectivity index (χ1) is 13.1. The molecule has 8 nitrogen and oxygen atoms in total. The molecule has 0 fully saturated rings. The lowest BCUT2D eigenvalue weighted by atomic mass is 10.1. The third kappa shape index (κ3) is 4.73. The average Bonchev–Trinajstić information content (AvgIpc) is 3.13. The SMILES string of the molecule is COc1cc(CCc2cc(NC(=O)c3nccnc3Cl)n[nH]2)cc(OC)c1. The van der Waals surface area contributed by atoms with Crippen molar-refractivity contribution in [3.05, 3.63) is 58.8 Å². The zero-order valence-electron chi connectivity index (χ0n) is 14.8. The van der Waals surface area contributed by atoms with E-state index < -0.39 is 5.91 Å². The largest absolute Gasteiger partial charge is 0.497 e. The van der Waals surface area contributed by atoms with Gasteiger partial charge in [0, 0.05) is 30.2 Å². The number of carbonyl (C=O) groups excluding carboxylic acids is 1. The number of aryl methyl sites for hydroxylation is 2. The van der Waals surface area contributed by atoms with E-state index in [2.05, 4.69) is 25.5 Å². The molecule has 0 spiro atoms. The summed E-state index contributed by atoms with van der Waals surface area (Å²) >= 11 is 5.87. The van der Waals surface area contributed by atoms with E-state index in [0.717, 1.165) is 29.2 Å². The lowest BCUT2D eigenvalue weighted by molar-refractivity contribution is 0.102. The highest BCUT2D eigenvalue weighted by atomic mass is 35.5. The van der Waals surface area contributed by atoms with E-state index in [1.54, 1.807) is 20.3 Å². The summed E-state index contributed by atoms with van der Waals surface area (Å²) in [4.78, 5) is 19.9. The van der Waals surface area contributed by atoms with Gasteiger partial charge in [-0.05, 0) is 30.5 Å². The van der Waals surface area contributed by atoms with E-state index in [1.165, 1.54) is 12.4 Å². The number of aromatic nitrogens is 4. The third-order valence-corrected chi connectivity index (χ3v) is 4.11. The molecule has 0 aliphatic heterocycles. The number of hydrogen-bond acceptors (Lipinski definition) is 6. The minimum absolute atomic E-state index is 0.0396. The summed E-state index contributed by atoms with van der Waals surface area (Å²) < 4.78 is 10.6. The number of benzene rings is 1. The molecule has 140 valence electrons. The molecule has 1 aromatic carbocycles. The highest BCUT2D eigenvalue weighted by Gasteiger charge is 2.14. The van der Waals surface area contributed by atoms with Crippen LogP contribution in [0, 0.1) is 0 Å². The molecular formula is C18H18ClN5O3. The Morgan fingerprint density at radius 3 is 2.44 bits per heavy atom. The van der Waals surface area contributed by atoms with Gasteiger partial charge in [0.1, 0.15) is 11.5 Å². The van der Waals surface area contributed by atoms with Crippen molar-refractivity contribution in [2.75, 3.05) is 19.5 Å². The van der Waals surface area contributed by atoms with Crippen molar-refractivity contribution in [3.63, 3.8) is 0 Å². The Hall–Kier alpha value is -3.13. The number of halogens is 1. The van der Waals surface area contributed by atoms with E-state index in [9.17, 15) is 4.79 Å². The summed E-state index contributed by atoms with van der Waals surface area (Å²) in [5.74, 6) is 1.40. The molecule has 0 aliphatic rings. The van der Waals surface area contributed by atoms with Crippen molar-refractivity contribution in [3.8, 4) is 11.5 Å². The predicted octanol–water partition coefficient (Wildman–Crippen LogP) is 2.91. The molecule has 2 N–H and O–H groups in total. The standard InChI is InChI=1S/C18H18ClN5O3/c1-26-13-7-11(8-14(10-13)27-2)3-4-12-9-15(24-23-12)22-18(25)16-17(19)21-6-5-20-16/h5-10H,3-4H2,1-2H3,(H2,22,23,24,25). The maximum atomic E-state index is 12.2. The van der Waals surface area contributed by atoms with Crippen molar-refractivity contribution in [2.45, 2.75) is 12.8 Å². The number of aromatic amines is 1. The minimum atomic E-state index is -0.469. The number of rotatable bonds is 7. The molecule has 27 heavy (non-hydrogen) atoms. The molecule has 3 rings (SSSR count). The fourth-order valence-electron chi connectivity index (χ4n) is 2.49. The van der Waals surface area contributed by atoms with Crippen LogP contribution in [0.1, 0.15) is 21.7 Å². The van der Waals surface area contributed by atoms with Crippen LogP contribution in [0.3, 0.4) is 0 Å². The van der Waals surface area contributed by atoms with Crippen LogP contribution in [0.2, 0.25) is 5.15 Å². The number of H-pyrrole nitrogens is 1. The number of amides is 1. The number of anilines is 1. The fourth-order valence-corrected chi connectivity index (χ4v) is 2.68. The van der Waals surface area contributed by atoms with Crippen molar-refractivity contribution < 1.29 is 14.3 Å². The topological polar surface area (TPSA) is 102 Å². The fraction of sp³-hybridized carbons (Fsp3) is 0.222. The van der Waals surface area contributed by atoms with Gasteiger partial charge in [-0.25, -0.2) is 9.97 Å². The van der Waals surface area contributed by atoms with Gasteiger partial charge < -0.3 is 14.8 Å². The smallest absolute Gasteiger partial charge is 0.278 e. The zero-order valence-corrected chi connectivity index (χ0v) is 15.6. The normalized spacial score (nSPS) is 10.5. The van der Waals surface area contributed by atoms with Crippen LogP contribution in [-0.2, 0) is 12.8 Å². The highest BCUT2D eigenvalue weighted by Crippen LogP contribution is 2.23. The van der Waals surface area contributed by atoms with Crippen molar-refractivity contribution in [1.29, 1.82) is 0 Å². The van der Waals surface area contributed by atoms with Gasteiger partial charge in [0.05, 0.1) is 14.2 Å².